The maximum atomic E-state index is 14.0. The Morgan fingerprint density at radius 1 is 0.917 bits per heavy atom. The number of piperidine rings is 1. The number of alkyl halides is 10. The van der Waals surface area contributed by atoms with E-state index < -0.39 is 76.3 Å². The van der Waals surface area contributed by atoms with Gasteiger partial charge < -0.3 is 18.9 Å². The molecule has 1 fully saturated rings. The normalized spacial score (nSPS) is 17.9. The summed E-state index contributed by atoms with van der Waals surface area (Å²) in [6, 6.07) is 0. The van der Waals surface area contributed by atoms with Crippen molar-refractivity contribution in [2.45, 2.75) is 61.4 Å². The molecular weight excluding hydrogens is 552 g/mol. The largest absolute Gasteiger partial charge is 0.743 e. The Morgan fingerprint density at radius 3 is 1.83 bits per heavy atom. The molecule has 0 saturated carbocycles. The highest BCUT2D eigenvalue weighted by molar-refractivity contribution is 7.86. The van der Waals surface area contributed by atoms with Crippen LogP contribution in [-0.2, 0) is 29.2 Å². The van der Waals surface area contributed by atoms with Crippen LogP contribution in [-0.4, -0.2) is 78.8 Å². The number of carbonyl (C=O) groups is 2. The minimum atomic E-state index is -6.92. The van der Waals surface area contributed by atoms with Crippen LogP contribution in [0.4, 0.5) is 43.9 Å². The van der Waals surface area contributed by atoms with E-state index in [-0.39, 0.29) is 25.9 Å². The van der Waals surface area contributed by atoms with Crippen LogP contribution in [0, 0.1) is 0 Å². The monoisotopic (exact) mass is 570 g/mol. The van der Waals surface area contributed by atoms with Gasteiger partial charge in [0.25, 0.3) is 0 Å². The Kier molecular flexibility index (Phi) is 9.46. The molecule has 0 radical (unpaired) electrons. The van der Waals surface area contributed by atoms with Crippen LogP contribution in [0.3, 0.4) is 0 Å². The summed E-state index contributed by atoms with van der Waals surface area (Å²) < 4.78 is 173. The van der Waals surface area contributed by atoms with Crippen molar-refractivity contribution < 1.29 is 75.9 Å². The Hall–Kier alpha value is -2.15. The van der Waals surface area contributed by atoms with Crippen molar-refractivity contribution in [3.8, 4) is 0 Å². The maximum Gasteiger partial charge on any atom is 0.466 e. The number of rotatable bonds is 10. The molecule has 1 unspecified atom stereocenters. The molecule has 1 amide bonds. The van der Waals surface area contributed by atoms with Crippen molar-refractivity contribution in [1.82, 2.24) is 4.90 Å². The molecule has 1 rings (SSSR count). The fraction of sp³-hybridized carbons (Fsp3) is 0.765. The summed E-state index contributed by atoms with van der Waals surface area (Å²) in [7, 11) is -6.92. The van der Waals surface area contributed by atoms with Gasteiger partial charge in [-0.1, -0.05) is 6.58 Å². The predicted molar refractivity (Wildman–Crippen MR) is 95.3 cm³/mol. The molecule has 210 valence electrons. The molecule has 19 heteroatoms. The van der Waals surface area contributed by atoms with E-state index in [0.29, 0.717) is 11.3 Å². The predicted octanol–water partition coefficient (Wildman–Crippen LogP) is 3.49. The molecule has 8 nitrogen and oxygen atoms in total. The second kappa shape index (κ2) is 10.7. The quantitative estimate of drug-likeness (QED) is 0.0987. The van der Waals surface area contributed by atoms with Crippen molar-refractivity contribution in [2.24, 2.45) is 0 Å². The number of nitrogens with zero attached hydrogens (tertiary/aromatic N) is 1. The third-order valence-electron chi connectivity index (χ3n) is 4.80. The van der Waals surface area contributed by atoms with Crippen LogP contribution >= 0.6 is 0 Å². The molecule has 1 heterocycles. The number of hydrogen-bond donors (Lipinski definition) is 0. The highest BCUT2D eigenvalue weighted by Crippen LogP contribution is 2.43. The SMILES string of the molecule is C=C(C(=O)OC(OCCCC(F)(F)C(F)(F)S(=O)(=O)[O-])(C(=O)N1CCCCC1)C(F)(F)F)C(F)(F)F. The van der Waals surface area contributed by atoms with Crippen LogP contribution in [0.5, 0.6) is 0 Å². The molecule has 0 bridgehead atoms. The van der Waals surface area contributed by atoms with Crippen molar-refractivity contribution in [3.05, 3.63) is 12.2 Å². The third kappa shape index (κ3) is 6.78. The molecule has 1 saturated heterocycles. The second-order valence-electron chi connectivity index (χ2n) is 7.46. The number of halogens is 10. The topological polar surface area (TPSA) is 113 Å². The van der Waals surface area contributed by atoms with E-state index in [1.54, 1.807) is 0 Å². The number of esters is 1. The smallest absolute Gasteiger partial charge is 0.466 e. The summed E-state index contributed by atoms with van der Waals surface area (Å²) in [4.78, 5) is 24.8. The molecule has 0 spiro atoms. The van der Waals surface area contributed by atoms with Gasteiger partial charge in [0, 0.05) is 19.5 Å². The van der Waals surface area contributed by atoms with Crippen LogP contribution in [0.25, 0.3) is 0 Å². The van der Waals surface area contributed by atoms with Gasteiger partial charge in [-0.3, -0.25) is 4.79 Å². The third-order valence-corrected chi connectivity index (χ3v) is 5.73. The van der Waals surface area contributed by atoms with E-state index in [0.717, 1.165) is 0 Å². The molecule has 0 aromatic rings. The minimum absolute atomic E-state index is 0.133. The summed E-state index contributed by atoms with van der Waals surface area (Å²) >= 11 is 0. The Balaban J connectivity index is 3.29. The number of ether oxygens (including phenoxy) is 2. The summed E-state index contributed by atoms with van der Waals surface area (Å²) in [5.41, 5.74) is -2.49. The van der Waals surface area contributed by atoms with Gasteiger partial charge in [-0.15, -0.1) is 0 Å². The van der Waals surface area contributed by atoms with E-state index in [1.165, 1.54) is 0 Å². The van der Waals surface area contributed by atoms with E-state index in [9.17, 15) is 66.5 Å². The Labute approximate surface area is 196 Å². The first kappa shape index (κ1) is 31.9. The summed E-state index contributed by atoms with van der Waals surface area (Å²) in [6.45, 7) is -0.327. The number of carbonyl (C=O) groups excluding carboxylic acids is 2. The van der Waals surface area contributed by atoms with Crippen LogP contribution in [0.2, 0.25) is 0 Å². The highest BCUT2D eigenvalue weighted by Gasteiger charge is 2.68. The van der Waals surface area contributed by atoms with Gasteiger partial charge >= 0.3 is 41.2 Å². The fourth-order valence-corrected chi connectivity index (χ4v) is 3.32. The molecule has 0 aromatic carbocycles. The standard InChI is InChI=1S/C17H19F10NO7S/c1-10(15(20,21)22)11(29)35-14(16(23,24)25,12(30)28-7-3-2-4-8-28)34-9-5-6-13(18,19)17(26,27)36(31,32)33/h1-9H2,(H,31,32,33)/p-1. The summed E-state index contributed by atoms with van der Waals surface area (Å²) in [5, 5.41) is -6.18. The van der Waals surface area contributed by atoms with E-state index in [2.05, 4.69) is 16.1 Å². The number of amides is 1. The van der Waals surface area contributed by atoms with Gasteiger partial charge in [-0.25, -0.2) is 13.2 Å². The Morgan fingerprint density at radius 2 is 1.42 bits per heavy atom. The van der Waals surface area contributed by atoms with Crippen LogP contribution < -0.4 is 0 Å². The molecular formula is C17H18F10NO7S-. The first-order chi connectivity index (χ1) is 16.0. The highest BCUT2D eigenvalue weighted by atomic mass is 32.2. The minimum Gasteiger partial charge on any atom is -0.743 e. The first-order valence-electron chi connectivity index (χ1n) is 9.72. The van der Waals surface area contributed by atoms with Gasteiger partial charge in [0.05, 0.1) is 6.61 Å². The molecule has 0 aromatic heterocycles. The average molecular weight is 570 g/mol. The van der Waals surface area contributed by atoms with Crippen LogP contribution in [0.15, 0.2) is 12.2 Å². The second-order valence-corrected chi connectivity index (χ2v) is 8.88. The molecule has 1 aliphatic rings. The molecule has 0 N–H and O–H groups in total. The lowest BCUT2D eigenvalue weighted by Gasteiger charge is -2.38. The first-order valence-corrected chi connectivity index (χ1v) is 11.1. The molecule has 0 aliphatic carbocycles. The zero-order valence-corrected chi connectivity index (χ0v) is 18.7. The lowest BCUT2D eigenvalue weighted by atomic mass is 10.1. The van der Waals surface area contributed by atoms with Gasteiger partial charge in [0.2, 0.25) is 0 Å². The Bertz CT molecular complexity index is 942. The van der Waals surface area contributed by atoms with Gasteiger partial charge in [0.1, 0.15) is 5.57 Å². The van der Waals surface area contributed by atoms with Crippen molar-refractivity contribution in [1.29, 1.82) is 0 Å². The van der Waals surface area contributed by atoms with Crippen LogP contribution in [0.1, 0.15) is 32.1 Å². The van der Waals surface area contributed by atoms with Crippen molar-refractivity contribution in [2.75, 3.05) is 19.7 Å². The van der Waals surface area contributed by atoms with E-state index in [1.807, 2.05) is 0 Å². The zero-order chi connectivity index (χ0) is 28.4. The summed E-state index contributed by atoms with van der Waals surface area (Å²) in [5.74, 6) is -15.5. The summed E-state index contributed by atoms with van der Waals surface area (Å²) in [6.07, 6.45) is -14.9. The van der Waals surface area contributed by atoms with Crippen molar-refractivity contribution >= 4 is 22.0 Å². The van der Waals surface area contributed by atoms with Gasteiger partial charge in [-0.05, 0) is 25.7 Å². The molecule has 1 aliphatic heterocycles. The molecule has 36 heavy (non-hydrogen) atoms. The molecule has 1 atom stereocenters. The van der Waals surface area contributed by atoms with Gasteiger partial charge in [0.15, 0.2) is 10.1 Å². The van der Waals surface area contributed by atoms with Gasteiger partial charge in [-0.2, -0.15) is 43.9 Å². The van der Waals surface area contributed by atoms with Crippen molar-refractivity contribution in [3.63, 3.8) is 0 Å². The number of hydrogen-bond acceptors (Lipinski definition) is 7. The fourth-order valence-electron chi connectivity index (χ4n) is 2.85. The van der Waals surface area contributed by atoms with E-state index >= 15 is 0 Å². The maximum absolute atomic E-state index is 14.0. The lowest BCUT2D eigenvalue weighted by molar-refractivity contribution is -0.351. The average Bonchev–Trinajstić information content (AvgIpc) is 2.72. The lowest BCUT2D eigenvalue weighted by Crippen LogP contribution is -2.63. The number of likely N-dealkylation sites (tertiary alicyclic amines) is 1. The zero-order valence-electron chi connectivity index (χ0n) is 17.9. The van der Waals surface area contributed by atoms with E-state index in [4.69, 9.17) is 0 Å².